The number of esters is 1. The number of carbonyl (C=O) groups is 2. The van der Waals surface area contributed by atoms with Crippen LogP contribution < -0.4 is 5.73 Å². The molecule has 1 atom stereocenters. The number of ketones is 1. The van der Waals surface area contributed by atoms with E-state index in [0.29, 0.717) is 0 Å². The Morgan fingerprint density at radius 2 is 2.00 bits per heavy atom. The molecule has 4 heteroatoms. The second-order valence-electron chi connectivity index (χ2n) is 2.77. The fourth-order valence-corrected chi connectivity index (χ4v) is 0.847. The van der Waals surface area contributed by atoms with Crippen LogP contribution in [-0.2, 0) is 14.3 Å². The molecule has 0 bridgehead atoms. The van der Waals surface area contributed by atoms with Gasteiger partial charge in [-0.3, -0.25) is 4.79 Å². The van der Waals surface area contributed by atoms with Gasteiger partial charge in [-0.05, 0) is 13.8 Å². The van der Waals surface area contributed by atoms with Crippen LogP contribution in [0.1, 0.15) is 13.8 Å². The quantitative estimate of drug-likeness (QED) is 0.356. The van der Waals surface area contributed by atoms with Crippen LogP contribution in [0.2, 0.25) is 0 Å². The Kier molecular flexibility index (Phi) is 1.29. The zero-order chi connectivity index (χ0) is 7.94. The lowest BCUT2D eigenvalue weighted by Crippen LogP contribution is -2.37. The van der Waals surface area contributed by atoms with Crippen molar-refractivity contribution in [2.75, 3.05) is 0 Å². The lowest BCUT2D eigenvalue weighted by atomic mass is 10.0. The lowest BCUT2D eigenvalue weighted by molar-refractivity contribution is -0.148. The maximum atomic E-state index is 11.0. The third-order valence-electron chi connectivity index (χ3n) is 1.49. The Bertz CT molecular complexity index is 197. The largest absolute Gasteiger partial charge is 0.450 e. The first kappa shape index (κ1) is 7.21. The van der Waals surface area contributed by atoms with Crippen LogP contribution in [-0.4, -0.2) is 23.4 Å². The van der Waals surface area contributed by atoms with Gasteiger partial charge in [0, 0.05) is 0 Å². The lowest BCUT2D eigenvalue weighted by Gasteiger charge is -2.12. The Balaban J connectivity index is 2.92. The molecular weight excluding hydrogens is 134 g/mol. The summed E-state index contributed by atoms with van der Waals surface area (Å²) in [6, 6.07) is -1.07. The molecule has 0 radical (unpaired) electrons. The van der Waals surface area contributed by atoms with Crippen LogP contribution in [0.3, 0.4) is 0 Å². The predicted octanol–water partition coefficient (Wildman–Crippen LogP) is -0.782. The summed E-state index contributed by atoms with van der Waals surface area (Å²) in [6.07, 6.45) is 0. The molecule has 0 aromatic rings. The van der Waals surface area contributed by atoms with Crippen molar-refractivity contribution < 1.29 is 14.3 Å². The van der Waals surface area contributed by atoms with E-state index in [2.05, 4.69) is 4.74 Å². The number of Topliss-reactive ketones (excluding diaryl/α,β-unsaturated/α-hetero) is 1. The first-order valence-corrected chi connectivity index (χ1v) is 2.98. The van der Waals surface area contributed by atoms with Gasteiger partial charge in [-0.2, -0.15) is 0 Å². The van der Waals surface area contributed by atoms with E-state index in [0.717, 1.165) is 0 Å². The van der Waals surface area contributed by atoms with Crippen molar-refractivity contribution in [1.29, 1.82) is 0 Å². The Morgan fingerprint density at radius 3 is 2.10 bits per heavy atom. The topological polar surface area (TPSA) is 69.4 Å². The molecule has 0 amide bonds. The second kappa shape index (κ2) is 1.79. The molecule has 4 nitrogen and oxygen atoms in total. The summed E-state index contributed by atoms with van der Waals surface area (Å²) in [5, 5.41) is 0. The minimum Gasteiger partial charge on any atom is -0.450 e. The van der Waals surface area contributed by atoms with Crippen LogP contribution in [0.15, 0.2) is 0 Å². The number of ether oxygens (including phenoxy) is 1. The minimum absolute atomic E-state index is 0.350. The smallest absolute Gasteiger partial charge is 0.331 e. The van der Waals surface area contributed by atoms with E-state index < -0.39 is 17.6 Å². The van der Waals surface area contributed by atoms with Gasteiger partial charge in [-0.1, -0.05) is 0 Å². The highest BCUT2D eigenvalue weighted by atomic mass is 16.6. The summed E-state index contributed by atoms with van der Waals surface area (Å²) in [5.74, 6) is -0.979. The molecular formula is C6H9NO3. The average Bonchev–Trinajstić information content (AvgIpc) is 1.95. The van der Waals surface area contributed by atoms with Crippen molar-refractivity contribution in [2.45, 2.75) is 25.5 Å². The first-order chi connectivity index (χ1) is 4.45. The molecule has 10 heavy (non-hydrogen) atoms. The molecule has 0 aliphatic carbocycles. The van der Waals surface area contributed by atoms with Crippen LogP contribution in [0, 0.1) is 0 Å². The van der Waals surface area contributed by atoms with Gasteiger partial charge in [0.05, 0.1) is 0 Å². The minimum atomic E-state index is -1.07. The van der Waals surface area contributed by atoms with Gasteiger partial charge in [0.25, 0.3) is 0 Å². The monoisotopic (exact) mass is 143 g/mol. The normalized spacial score (nSPS) is 30.5. The molecule has 1 aliphatic rings. The van der Waals surface area contributed by atoms with E-state index in [-0.39, 0.29) is 5.78 Å². The van der Waals surface area contributed by atoms with Gasteiger partial charge in [0.2, 0.25) is 5.78 Å². The third-order valence-corrected chi connectivity index (χ3v) is 1.49. The summed E-state index contributed by atoms with van der Waals surface area (Å²) >= 11 is 0. The number of cyclic esters (lactones) is 1. The van der Waals surface area contributed by atoms with E-state index in [1.54, 1.807) is 0 Å². The molecule has 1 rings (SSSR count). The maximum absolute atomic E-state index is 11.0. The molecule has 0 aromatic carbocycles. The molecule has 0 aromatic heterocycles. The van der Waals surface area contributed by atoms with Gasteiger partial charge < -0.3 is 10.5 Å². The first-order valence-electron chi connectivity index (χ1n) is 2.98. The van der Waals surface area contributed by atoms with Gasteiger partial charge in [-0.15, -0.1) is 0 Å². The fourth-order valence-electron chi connectivity index (χ4n) is 0.847. The number of carbonyl (C=O) groups excluding carboxylic acids is 2. The van der Waals surface area contributed by atoms with E-state index >= 15 is 0 Å². The van der Waals surface area contributed by atoms with Crippen molar-refractivity contribution in [3.63, 3.8) is 0 Å². The highest BCUT2D eigenvalue weighted by molar-refractivity contribution is 6.11. The van der Waals surface area contributed by atoms with Crippen LogP contribution in [0.5, 0.6) is 0 Å². The fraction of sp³-hybridized carbons (Fsp3) is 0.667. The molecule has 56 valence electrons. The third kappa shape index (κ3) is 0.806. The Morgan fingerprint density at radius 1 is 1.50 bits per heavy atom. The predicted molar refractivity (Wildman–Crippen MR) is 33.2 cm³/mol. The van der Waals surface area contributed by atoms with E-state index in [1.165, 1.54) is 13.8 Å². The molecule has 0 spiro atoms. The van der Waals surface area contributed by atoms with Crippen molar-refractivity contribution in [3.8, 4) is 0 Å². The van der Waals surface area contributed by atoms with Gasteiger partial charge >= 0.3 is 5.97 Å². The highest BCUT2D eigenvalue weighted by Crippen LogP contribution is 2.20. The number of nitrogens with two attached hydrogens (primary N) is 1. The zero-order valence-electron chi connectivity index (χ0n) is 5.88. The summed E-state index contributed by atoms with van der Waals surface area (Å²) in [6.45, 7) is 3.06. The number of hydrogen-bond acceptors (Lipinski definition) is 4. The molecule has 1 heterocycles. The molecule has 1 aliphatic heterocycles. The molecule has 1 saturated heterocycles. The van der Waals surface area contributed by atoms with Gasteiger partial charge in [-0.25, -0.2) is 4.79 Å². The molecule has 1 fully saturated rings. The number of hydrogen-bond donors (Lipinski definition) is 1. The summed E-state index contributed by atoms with van der Waals surface area (Å²) in [4.78, 5) is 21.6. The van der Waals surface area contributed by atoms with Crippen molar-refractivity contribution in [3.05, 3.63) is 0 Å². The van der Waals surface area contributed by atoms with Crippen molar-refractivity contribution in [1.82, 2.24) is 0 Å². The van der Waals surface area contributed by atoms with Crippen molar-refractivity contribution >= 4 is 11.8 Å². The van der Waals surface area contributed by atoms with E-state index in [9.17, 15) is 9.59 Å². The number of rotatable bonds is 0. The van der Waals surface area contributed by atoms with E-state index in [4.69, 9.17) is 5.73 Å². The molecule has 1 unspecified atom stereocenters. The standard InChI is InChI=1S/C6H9NO3/c1-6(2)4(8)3(7)5(9)10-6/h3H,7H2,1-2H3. The van der Waals surface area contributed by atoms with Crippen LogP contribution >= 0.6 is 0 Å². The second-order valence-corrected chi connectivity index (χ2v) is 2.77. The average molecular weight is 143 g/mol. The summed E-state index contributed by atoms with van der Waals surface area (Å²) < 4.78 is 4.66. The summed E-state index contributed by atoms with van der Waals surface area (Å²) in [5.41, 5.74) is 4.16. The van der Waals surface area contributed by atoms with Gasteiger partial charge in [0.15, 0.2) is 11.6 Å². The highest BCUT2D eigenvalue weighted by Gasteiger charge is 2.46. The molecule has 2 N–H and O–H groups in total. The van der Waals surface area contributed by atoms with Crippen LogP contribution in [0.4, 0.5) is 0 Å². The molecule has 0 saturated carbocycles. The van der Waals surface area contributed by atoms with Crippen molar-refractivity contribution in [2.24, 2.45) is 5.73 Å². The zero-order valence-corrected chi connectivity index (χ0v) is 5.88. The Labute approximate surface area is 58.3 Å². The van der Waals surface area contributed by atoms with Gasteiger partial charge in [0.1, 0.15) is 0 Å². The SMILES string of the molecule is CC1(C)OC(=O)C(N)C1=O. The summed E-state index contributed by atoms with van der Waals surface area (Å²) in [7, 11) is 0. The van der Waals surface area contributed by atoms with E-state index in [1.807, 2.05) is 0 Å². The maximum Gasteiger partial charge on any atom is 0.331 e. The Hall–Kier alpha value is -0.900. The van der Waals surface area contributed by atoms with Crippen LogP contribution in [0.25, 0.3) is 0 Å².